The van der Waals surface area contributed by atoms with Gasteiger partial charge in [-0.3, -0.25) is 0 Å². The minimum Gasteiger partial charge on any atom is -0.382 e. The largest absolute Gasteiger partial charge is 0.382 e. The number of hydrogen-bond donors (Lipinski definition) is 2. The zero-order chi connectivity index (χ0) is 14.7. The minimum absolute atomic E-state index is 0.0289. The van der Waals surface area contributed by atoms with Gasteiger partial charge in [0.25, 0.3) is 0 Å². The molecule has 0 spiro atoms. The summed E-state index contributed by atoms with van der Waals surface area (Å²) in [5.74, 6) is 0. The van der Waals surface area contributed by atoms with Crippen LogP contribution in [0.15, 0.2) is 0 Å². The van der Waals surface area contributed by atoms with E-state index in [9.17, 15) is 4.79 Å². The van der Waals surface area contributed by atoms with E-state index in [2.05, 4.69) is 10.6 Å². The highest BCUT2D eigenvalue weighted by molar-refractivity contribution is 5.74. The molecule has 1 saturated carbocycles. The maximum absolute atomic E-state index is 12.1. The lowest BCUT2D eigenvalue weighted by Gasteiger charge is -2.42. The molecule has 2 N–H and O–H groups in total. The first-order valence-corrected chi connectivity index (χ1v) is 8.48. The van der Waals surface area contributed by atoms with Gasteiger partial charge in [0.15, 0.2) is 0 Å². The van der Waals surface area contributed by atoms with E-state index < -0.39 is 0 Å². The first kappa shape index (κ1) is 15.1. The van der Waals surface area contributed by atoms with Gasteiger partial charge in [0.05, 0.1) is 18.2 Å². The SMILES string of the molecule is CCOCCC1(CNC(=O)NC2CC3CCC2O3)CCC1. The Bertz CT molecular complexity index is 371. The fourth-order valence-corrected chi connectivity index (χ4v) is 3.90. The van der Waals surface area contributed by atoms with Crippen molar-refractivity contribution >= 4 is 6.03 Å². The van der Waals surface area contributed by atoms with Crippen LogP contribution in [0.5, 0.6) is 0 Å². The van der Waals surface area contributed by atoms with Crippen molar-refractivity contribution in [1.82, 2.24) is 10.6 Å². The van der Waals surface area contributed by atoms with Gasteiger partial charge in [-0.15, -0.1) is 0 Å². The van der Waals surface area contributed by atoms with E-state index >= 15 is 0 Å². The average molecular weight is 296 g/mol. The summed E-state index contributed by atoms with van der Waals surface area (Å²) in [5.41, 5.74) is 0.275. The van der Waals surface area contributed by atoms with Crippen molar-refractivity contribution in [1.29, 1.82) is 0 Å². The predicted octanol–water partition coefficient (Wildman–Crippen LogP) is 2.20. The quantitative estimate of drug-likeness (QED) is 0.708. The molecular weight excluding hydrogens is 268 g/mol. The summed E-state index contributed by atoms with van der Waals surface area (Å²) >= 11 is 0. The number of urea groups is 1. The van der Waals surface area contributed by atoms with Gasteiger partial charge in [-0.25, -0.2) is 4.79 Å². The van der Waals surface area contributed by atoms with Crippen LogP contribution < -0.4 is 10.6 Å². The fourth-order valence-electron chi connectivity index (χ4n) is 3.90. The number of nitrogens with one attached hydrogen (secondary N) is 2. The standard InChI is InChI=1S/C16H28N2O3/c1-2-20-9-8-16(6-3-7-16)11-17-15(19)18-13-10-12-4-5-14(13)21-12/h12-14H,2-11H2,1H3,(H2,17,18,19). The molecule has 5 nitrogen and oxygen atoms in total. The Hall–Kier alpha value is -0.810. The molecule has 2 bridgehead atoms. The Labute approximate surface area is 127 Å². The van der Waals surface area contributed by atoms with Crippen LogP contribution in [-0.4, -0.2) is 44.0 Å². The van der Waals surface area contributed by atoms with Crippen LogP contribution in [0.4, 0.5) is 4.79 Å². The maximum atomic E-state index is 12.1. The highest BCUT2D eigenvalue weighted by Gasteiger charge is 2.42. The van der Waals surface area contributed by atoms with Gasteiger partial charge in [0.2, 0.25) is 0 Å². The third-order valence-corrected chi connectivity index (χ3v) is 5.44. The summed E-state index contributed by atoms with van der Waals surface area (Å²) in [6, 6.07) is 0.184. The summed E-state index contributed by atoms with van der Waals surface area (Å²) in [7, 11) is 0. The van der Waals surface area contributed by atoms with Gasteiger partial charge < -0.3 is 20.1 Å². The summed E-state index contributed by atoms with van der Waals surface area (Å²) < 4.78 is 11.2. The molecule has 1 aliphatic carbocycles. The van der Waals surface area contributed by atoms with Gasteiger partial charge in [-0.2, -0.15) is 0 Å². The second-order valence-corrected chi connectivity index (χ2v) is 6.84. The van der Waals surface area contributed by atoms with Crippen LogP contribution in [0.25, 0.3) is 0 Å². The van der Waals surface area contributed by atoms with E-state index in [4.69, 9.17) is 9.47 Å². The number of hydrogen-bond acceptors (Lipinski definition) is 3. The number of carbonyl (C=O) groups excluding carboxylic acids is 1. The topological polar surface area (TPSA) is 59.6 Å². The molecule has 3 unspecified atom stereocenters. The van der Waals surface area contributed by atoms with E-state index in [1.165, 1.54) is 19.3 Å². The molecule has 3 rings (SSSR count). The Morgan fingerprint density at radius 1 is 1.38 bits per heavy atom. The number of ether oxygens (including phenoxy) is 2. The van der Waals surface area contributed by atoms with Gasteiger partial charge in [-0.05, 0) is 50.9 Å². The van der Waals surface area contributed by atoms with E-state index in [1.807, 2.05) is 6.92 Å². The van der Waals surface area contributed by atoms with Crippen LogP contribution in [-0.2, 0) is 9.47 Å². The number of carbonyl (C=O) groups is 1. The number of rotatable bonds is 7. The fraction of sp³-hybridized carbons (Fsp3) is 0.938. The molecule has 2 aliphatic heterocycles. The van der Waals surface area contributed by atoms with Crippen molar-refractivity contribution < 1.29 is 14.3 Å². The van der Waals surface area contributed by atoms with Crippen molar-refractivity contribution in [3.8, 4) is 0 Å². The zero-order valence-electron chi connectivity index (χ0n) is 13.0. The van der Waals surface area contributed by atoms with E-state index in [-0.39, 0.29) is 23.6 Å². The summed E-state index contributed by atoms with van der Waals surface area (Å²) in [6.07, 6.45) is 8.59. The van der Waals surface area contributed by atoms with Gasteiger partial charge >= 0.3 is 6.03 Å². The van der Waals surface area contributed by atoms with Crippen LogP contribution in [0.2, 0.25) is 0 Å². The second kappa shape index (κ2) is 6.53. The van der Waals surface area contributed by atoms with Gasteiger partial charge in [-0.1, -0.05) is 6.42 Å². The molecule has 0 aromatic rings. The molecule has 3 aliphatic rings. The highest BCUT2D eigenvalue weighted by Crippen LogP contribution is 2.43. The van der Waals surface area contributed by atoms with Crippen molar-refractivity contribution in [2.75, 3.05) is 19.8 Å². The Balaban J connectivity index is 1.38. The number of amides is 2. The normalized spacial score (nSPS) is 32.7. The Morgan fingerprint density at radius 3 is 2.81 bits per heavy atom. The monoisotopic (exact) mass is 296 g/mol. The molecule has 120 valence electrons. The van der Waals surface area contributed by atoms with Gasteiger partial charge in [0.1, 0.15) is 0 Å². The minimum atomic E-state index is -0.0289. The van der Waals surface area contributed by atoms with Crippen molar-refractivity contribution in [3.05, 3.63) is 0 Å². The molecule has 5 heteroatoms. The van der Waals surface area contributed by atoms with E-state index in [0.717, 1.165) is 45.4 Å². The van der Waals surface area contributed by atoms with Crippen LogP contribution in [0.1, 0.15) is 51.9 Å². The summed E-state index contributed by atoms with van der Waals surface area (Å²) in [6.45, 7) is 4.37. The lowest BCUT2D eigenvalue weighted by atomic mass is 9.67. The van der Waals surface area contributed by atoms with Crippen molar-refractivity contribution in [3.63, 3.8) is 0 Å². The molecule has 2 amide bonds. The summed E-state index contributed by atoms with van der Waals surface area (Å²) in [4.78, 5) is 12.1. The van der Waals surface area contributed by atoms with Crippen LogP contribution >= 0.6 is 0 Å². The smallest absolute Gasteiger partial charge is 0.315 e. The second-order valence-electron chi connectivity index (χ2n) is 6.84. The molecule has 2 saturated heterocycles. The van der Waals surface area contributed by atoms with Crippen LogP contribution in [0.3, 0.4) is 0 Å². The molecule has 2 heterocycles. The average Bonchev–Trinajstić information content (AvgIpc) is 3.03. The first-order chi connectivity index (χ1) is 10.2. The lowest BCUT2D eigenvalue weighted by Crippen LogP contribution is -2.50. The van der Waals surface area contributed by atoms with E-state index in [0.29, 0.717) is 6.10 Å². The molecule has 21 heavy (non-hydrogen) atoms. The number of fused-ring (bicyclic) bond motifs is 2. The Kier molecular flexibility index (Phi) is 4.69. The van der Waals surface area contributed by atoms with Crippen LogP contribution in [0, 0.1) is 5.41 Å². The third kappa shape index (κ3) is 3.51. The van der Waals surface area contributed by atoms with Crippen molar-refractivity contribution in [2.45, 2.75) is 70.1 Å². The summed E-state index contributed by atoms with van der Waals surface area (Å²) in [5, 5.41) is 6.17. The molecule has 3 fully saturated rings. The van der Waals surface area contributed by atoms with E-state index in [1.54, 1.807) is 0 Å². The highest BCUT2D eigenvalue weighted by atomic mass is 16.5. The zero-order valence-corrected chi connectivity index (χ0v) is 13.0. The molecule has 0 radical (unpaired) electrons. The maximum Gasteiger partial charge on any atom is 0.315 e. The third-order valence-electron chi connectivity index (χ3n) is 5.44. The van der Waals surface area contributed by atoms with Crippen molar-refractivity contribution in [2.24, 2.45) is 5.41 Å². The first-order valence-electron chi connectivity index (χ1n) is 8.48. The molecular formula is C16H28N2O3. The predicted molar refractivity (Wildman–Crippen MR) is 80.2 cm³/mol. The molecule has 0 aromatic heterocycles. The van der Waals surface area contributed by atoms with Gasteiger partial charge in [0, 0.05) is 19.8 Å². The Morgan fingerprint density at radius 2 is 2.24 bits per heavy atom. The lowest BCUT2D eigenvalue weighted by molar-refractivity contribution is 0.0555. The molecule has 3 atom stereocenters. The molecule has 0 aromatic carbocycles.